The van der Waals surface area contributed by atoms with Crippen molar-refractivity contribution in [2.45, 2.75) is 20.5 Å². The van der Waals surface area contributed by atoms with Gasteiger partial charge in [0.2, 0.25) is 0 Å². The van der Waals surface area contributed by atoms with Gasteiger partial charge in [0.05, 0.1) is 18.0 Å². The maximum atomic E-state index is 5.85. The molecule has 162 valence electrons. The molecule has 4 aromatic rings. The molecule has 0 aliphatic rings. The molecule has 4 rings (SSSR count). The van der Waals surface area contributed by atoms with Gasteiger partial charge in [-0.05, 0) is 74.0 Å². The Balaban J connectivity index is 1.42. The van der Waals surface area contributed by atoms with Gasteiger partial charge in [0.15, 0.2) is 17.3 Å². The fraction of sp³-hybridized carbons (Fsp3) is 0.154. The summed E-state index contributed by atoms with van der Waals surface area (Å²) in [6.45, 7) is 4.62. The summed E-state index contributed by atoms with van der Waals surface area (Å²) in [5.41, 5.74) is 2.55. The van der Waals surface area contributed by atoms with E-state index in [4.69, 9.17) is 18.7 Å². The molecule has 0 N–H and O–H groups in total. The number of aryl methyl sites for hydroxylation is 1. The Morgan fingerprint density at radius 3 is 2.38 bits per heavy atom. The Bertz CT molecular complexity index is 1170. The smallest absolute Gasteiger partial charge is 0.174 e. The van der Waals surface area contributed by atoms with Gasteiger partial charge in [-0.25, -0.2) is 0 Å². The molecule has 1 aromatic heterocycles. The third-order valence-corrected chi connectivity index (χ3v) is 4.49. The number of benzene rings is 3. The van der Waals surface area contributed by atoms with Crippen LogP contribution in [0.25, 0.3) is 0 Å². The van der Waals surface area contributed by atoms with E-state index in [-0.39, 0.29) is 6.61 Å². The molecule has 0 saturated heterocycles. The van der Waals surface area contributed by atoms with Crippen molar-refractivity contribution in [1.29, 1.82) is 0 Å². The Morgan fingerprint density at radius 2 is 1.66 bits per heavy atom. The third kappa shape index (κ3) is 5.76. The van der Waals surface area contributed by atoms with Gasteiger partial charge in [-0.15, -0.1) is 0 Å². The number of aromatic nitrogens is 1. The van der Waals surface area contributed by atoms with Crippen molar-refractivity contribution in [2.24, 2.45) is 4.99 Å². The van der Waals surface area contributed by atoms with E-state index < -0.39 is 0 Å². The molecule has 0 unspecified atom stereocenters. The molecule has 3 aromatic carbocycles. The molecule has 0 atom stereocenters. The molecule has 6 nitrogen and oxygen atoms in total. The molecule has 0 aliphatic heterocycles. The Kier molecular flexibility index (Phi) is 6.82. The molecule has 0 bridgehead atoms. The highest BCUT2D eigenvalue weighted by Crippen LogP contribution is 2.29. The zero-order valence-corrected chi connectivity index (χ0v) is 18.0. The quantitative estimate of drug-likeness (QED) is 0.285. The fourth-order valence-electron chi connectivity index (χ4n) is 3.00. The van der Waals surface area contributed by atoms with Crippen LogP contribution in [0.5, 0.6) is 23.0 Å². The van der Waals surface area contributed by atoms with Crippen molar-refractivity contribution in [2.75, 3.05) is 6.61 Å². The highest BCUT2D eigenvalue weighted by molar-refractivity contribution is 5.83. The van der Waals surface area contributed by atoms with Crippen LogP contribution in [0.3, 0.4) is 0 Å². The summed E-state index contributed by atoms with van der Waals surface area (Å²) in [5, 5.41) is 3.87. The van der Waals surface area contributed by atoms with Crippen LogP contribution in [0.4, 0.5) is 5.69 Å². The van der Waals surface area contributed by atoms with Crippen LogP contribution < -0.4 is 14.2 Å². The molecule has 0 amide bonds. The van der Waals surface area contributed by atoms with Crippen LogP contribution in [-0.2, 0) is 6.61 Å². The zero-order chi connectivity index (χ0) is 22.2. The lowest BCUT2D eigenvalue weighted by atomic mass is 10.2. The second-order valence-corrected chi connectivity index (χ2v) is 7.03. The number of nitrogens with zero attached hydrogens (tertiary/aromatic N) is 2. The van der Waals surface area contributed by atoms with E-state index in [0.29, 0.717) is 23.9 Å². The first kappa shape index (κ1) is 21.2. The van der Waals surface area contributed by atoms with Gasteiger partial charge >= 0.3 is 0 Å². The molecular weight excluding hydrogens is 404 g/mol. The number of ether oxygens (including phenoxy) is 3. The van der Waals surface area contributed by atoms with Crippen molar-refractivity contribution in [3.05, 3.63) is 95.9 Å². The number of hydrogen-bond acceptors (Lipinski definition) is 6. The van der Waals surface area contributed by atoms with Crippen molar-refractivity contribution in [1.82, 2.24) is 5.16 Å². The largest absolute Gasteiger partial charge is 0.490 e. The predicted molar refractivity (Wildman–Crippen MR) is 123 cm³/mol. The normalized spacial score (nSPS) is 10.9. The maximum Gasteiger partial charge on any atom is 0.174 e. The molecule has 32 heavy (non-hydrogen) atoms. The van der Waals surface area contributed by atoms with Gasteiger partial charge in [0, 0.05) is 12.3 Å². The molecule has 6 heteroatoms. The molecule has 1 heterocycles. The van der Waals surface area contributed by atoms with Gasteiger partial charge < -0.3 is 18.7 Å². The SMILES string of the molecule is CCOc1cc(C=Nc2ccc(Oc3ccccc3)cc2)ccc1OCc1cc(C)no1. The maximum absolute atomic E-state index is 5.85. The van der Waals surface area contributed by atoms with E-state index in [2.05, 4.69) is 10.1 Å². The second kappa shape index (κ2) is 10.3. The van der Waals surface area contributed by atoms with Crippen molar-refractivity contribution >= 4 is 11.9 Å². The molecule has 0 spiro atoms. The van der Waals surface area contributed by atoms with Crippen molar-refractivity contribution in [3.8, 4) is 23.0 Å². The number of rotatable bonds is 9. The van der Waals surface area contributed by atoms with E-state index in [9.17, 15) is 0 Å². The van der Waals surface area contributed by atoms with E-state index in [1.165, 1.54) is 0 Å². The minimum absolute atomic E-state index is 0.283. The van der Waals surface area contributed by atoms with E-state index >= 15 is 0 Å². The Hall–Kier alpha value is -4.06. The minimum Gasteiger partial charge on any atom is -0.490 e. The summed E-state index contributed by atoms with van der Waals surface area (Å²) in [6, 6.07) is 24.8. The lowest BCUT2D eigenvalue weighted by Gasteiger charge is -2.11. The lowest BCUT2D eigenvalue weighted by Crippen LogP contribution is -2.00. The number of hydrogen-bond donors (Lipinski definition) is 0. The first-order valence-electron chi connectivity index (χ1n) is 10.4. The fourth-order valence-corrected chi connectivity index (χ4v) is 3.00. The molecular formula is C26H24N2O4. The topological polar surface area (TPSA) is 66.1 Å². The first-order valence-corrected chi connectivity index (χ1v) is 10.4. The second-order valence-electron chi connectivity index (χ2n) is 7.03. The number of para-hydroxylation sites is 1. The summed E-state index contributed by atoms with van der Waals surface area (Å²) >= 11 is 0. The lowest BCUT2D eigenvalue weighted by molar-refractivity contribution is 0.233. The van der Waals surface area contributed by atoms with E-state index in [1.807, 2.05) is 92.7 Å². The summed E-state index contributed by atoms with van der Waals surface area (Å²) in [5.74, 6) is 3.51. The average Bonchev–Trinajstić information content (AvgIpc) is 3.24. The highest BCUT2D eigenvalue weighted by atomic mass is 16.5. The Morgan fingerprint density at radius 1 is 0.875 bits per heavy atom. The van der Waals surface area contributed by atoms with Gasteiger partial charge in [0.25, 0.3) is 0 Å². The molecule has 0 fully saturated rings. The molecule has 0 saturated carbocycles. The van der Waals surface area contributed by atoms with Gasteiger partial charge in [-0.1, -0.05) is 23.4 Å². The van der Waals surface area contributed by atoms with Gasteiger partial charge in [-0.3, -0.25) is 4.99 Å². The van der Waals surface area contributed by atoms with Gasteiger partial charge in [-0.2, -0.15) is 0 Å². The van der Waals surface area contributed by atoms with E-state index in [0.717, 1.165) is 28.4 Å². The zero-order valence-electron chi connectivity index (χ0n) is 18.0. The van der Waals surface area contributed by atoms with E-state index in [1.54, 1.807) is 6.21 Å². The monoisotopic (exact) mass is 428 g/mol. The third-order valence-electron chi connectivity index (χ3n) is 4.49. The predicted octanol–water partition coefficient (Wildman–Crippen LogP) is 6.50. The van der Waals surface area contributed by atoms with Crippen LogP contribution >= 0.6 is 0 Å². The summed E-state index contributed by atoms with van der Waals surface area (Å²) in [4.78, 5) is 4.55. The summed E-state index contributed by atoms with van der Waals surface area (Å²) in [6.07, 6.45) is 1.79. The highest BCUT2D eigenvalue weighted by Gasteiger charge is 2.08. The average molecular weight is 428 g/mol. The standard InChI is InChI=1S/C26H24N2O4/c1-3-29-26-16-20(9-14-25(26)30-18-24-15-19(2)28-32-24)17-27-21-10-12-23(13-11-21)31-22-7-5-4-6-8-22/h4-17H,3,18H2,1-2H3. The van der Waals surface area contributed by atoms with Crippen LogP contribution in [0.15, 0.2) is 88.4 Å². The van der Waals surface area contributed by atoms with Crippen LogP contribution in [0.1, 0.15) is 23.9 Å². The molecule has 0 aliphatic carbocycles. The van der Waals surface area contributed by atoms with Crippen molar-refractivity contribution < 1.29 is 18.7 Å². The first-order chi connectivity index (χ1) is 15.7. The van der Waals surface area contributed by atoms with Crippen LogP contribution in [0.2, 0.25) is 0 Å². The van der Waals surface area contributed by atoms with Crippen molar-refractivity contribution in [3.63, 3.8) is 0 Å². The minimum atomic E-state index is 0.283. The van der Waals surface area contributed by atoms with Crippen LogP contribution in [-0.4, -0.2) is 18.0 Å². The summed E-state index contributed by atoms with van der Waals surface area (Å²) < 4.78 is 22.6. The summed E-state index contributed by atoms with van der Waals surface area (Å²) in [7, 11) is 0. The van der Waals surface area contributed by atoms with Crippen LogP contribution in [0, 0.1) is 6.92 Å². The number of aliphatic imine (C=N–C) groups is 1. The molecule has 0 radical (unpaired) electrons. The Labute approximate surface area is 187 Å². The van der Waals surface area contributed by atoms with Gasteiger partial charge in [0.1, 0.15) is 18.1 Å².